The maximum Gasteiger partial charge on any atom is 0.338 e. The first-order chi connectivity index (χ1) is 11.3. The molecule has 0 bridgehead atoms. The van der Waals surface area contributed by atoms with E-state index in [1.807, 2.05) is 18.2 Å². The molecule has 23 heavy (non-hydrogen) atoms. The monoisotopic (exact) mass is 308 g/mol. The predicted molar refractivity (Wildman–Crippen MR) is 87.1 cm³/mol. The van der Waals surface area contributed by atoms with Gasteiger partial charge in [-0.2, -0.15) is 5.26 Å². The van der Waals surface area contributed by atoms with Crippen molar-refractivity contribution >= 4 is 16.9 Å². The molecule has 118 valence electrons. The van der Waals surface area contributed by atoms with Gasteiger partial charge < -0.3 is 9.72 Å². The molecule has 1 aromatic carbocycles. The molecular weight excluding hydrogens is 288 g/mol. The number of nitrogens with zero attached hydrogens (tertiary/aromatic N) is 1. The fourth-order valence-electron chi connectivity index (χ4n) is 3.95. The Morgan fingerprint density at radius 3 is 2.96 bits per heavy atom. The summed E-state index contributed by atoms with van der Waals surface area (Å²) in [5.74, 6) is -0.451. The van der Waals surface area contributed by atoms with Crippen LogP contribution in [-0.4, -0.2) is 17.1 Å². The number of fused-ring (bicyclic) bond motifs is 3. The van der Waals surface area contributed by atoms with Gasteiger partial charge in [0, 0.05) is 16.6 Å². The highest BCUT2D eigenvalue weighted by Gasteiger charge is 2.30. The van der Waals surface area contributed by atoms with Gasteiger partial charge in [-0.3, -0.25) is 0 Å². The summed E-state index contributed by atoms with van der Waals surface area (Å²) in [6.45, 7) is 0. The first-order valence-electron chi connectivity index (χ1n) is 8.50. The van der Waals surface area contributed by atoms with Crippen LogP contribution in [-0.2, 0) is 17.6 Å². The Hall–Kier alpha value is -2.28. The zero-order valence-corrected chi connectivity index (χ0v) is 13.1. The maximum absolute atomic E-state index is 12.5. The van der Waals surface area contributed by atoms with E-state index in [2.05, 4.69) is 11.1 Å². The molecule has 1 aromatic heterocycles. The third-order valence-corrected chi connectivity index (χ3v) is 5.21. The van der Waals surface area contributed by atoms with E-state index in [0.29, 0.717) is 5.56 Å². The van der Waals surface area contributed by atoms with Crippen molar-refractivity contribution in [1.82, 2.24) is 4.98 Å². The summed E-state index contributed by atoms with van der Waals surface area (Å²) in [6, 6.07) is 8.00. The lowest BCUT2D eigenvalue weighted by Gasteiger charge is -2.15. The Kier molecular flexibility index (Phi) is 3.57. The summed E-state index contributed by atoms with van der Waals surface area (Å²) in [7, 11) is 0. The number of esters is 1. The molecule has 2 aliphatic rings. The lowest BCUT2D eigenvalue weighted by Crippen LogP contribution is -2.21. The van der Waals surface area contributed by atoms with Crippen LogP contribution in [0.4, 0.5) is 0 Å². The Bertz CT molecular complexity index is 800. The van der Waals surface area contributed by atoms with Gasteiger partial charge in [-0.15, -0.1) is 0 Å². The number of carbonyl (C=O) groups excluding carboxylic acids is 1. The van der Waals surface area contributed by atoms with Gasteiger partial charge in [-0.05, 0) is 68.7 Å². The number of nitrogens with one attached hydrogen (secondary N) is 1. The lowest BCUT2D eigenvalue weighted by atomic mass is 9.95. The molecule has 2 aliphatic carbocycles. The molecule has 4 rings (SSSR count). The van der Waals surface area contributed by atoms with E-state index in [1.165, 1.54) is 24.1 Å². The van der Waals surface area contributed by atoms with Gasteiger partial charge >= 0.3 is 5.97 Å². The average molecular weight is 308 g/mol. The van der Waals surface area contributed by atoms with Gasteiger partial charge in [-0.1, -0.05) is 0 Å². The normalized spacial score (nSPS) is 23.4. The van der Waals surface area contributed by atoms with Gasteiger partial charge in [0.15, 0.2) is 0 Å². The zero-order chi connectivity index (χ0) is 15.8. The van der Waals surface area contributed by atoms with Crippen molar-refractivity contribution in [3.63, 3.8) is 0 Å². The van der Waals surface area contributed by atoms with Crippen LogP contribution in [0.3, 0.4) is 0 Å². The van der Waals surface area contributed by atoms with Crippen LogP contribution in [0.25, 0.3) is 10.9 Å². The Morgan fingerprint density at radius 1 is 1.22 bits per heavy atom. The number of benzene rings is 1. The topological polar surface area (TPSA) is 65.9 Å². The molecule has 0 saturated heterocycles. The second kappa shape index (κ2) is 5.73. The summed E-state index contributed by atoms with van der Waals surface area (Å²) in [5.41, 5.74) is 4.37. The third-order valence-electron chi connectivity index (χ3n) is 5.21. The minimum absolute atomic E-state index is 0.150. The van der Waals surface area contributed by atoms with Crippen LogP contribution in [0.1, 0.15) is 53.7 Å². The van der Waals surface area contributed by atoms with Crippen molar-refractivity contribution in [1.29, 1.82) is 5.26 Å². The average Bonchev–Trinajstić information content (AvgIpc) is 3.17. The Labute approximate surface area is 135 Å². The molecule has 1 saturated carbocycles. The number of carbonyl (C=O) groups is 1. The van der Waals surface area contributed by atoms with Gasteiger partial charge in [-0.25, -0.2) is 4.79 Å². The predicted octanol–water partition coefficient (Wildman–Crippen LogP) is 3.90. The van der Waals surface area contributed by atoms with Gasteiger partial charge in [0.25, 0.3) is 0 Å². The van der Waals surface area contributed by atoms with E-state index < -0.39 is 0 Å². The van der Waals surface area contributed by atoms with Crippen molar-refractivity contribution in [2.45, 2.75) is 51.0 Å². The second-order valence-corrected chi connectivity index (χ2v) is 6.66. The van der Waals surface area contributed by atoms with E-state index >= 15 is 0 Å². The van der Waals surface area contributed by atoms with Crippen molar-refractivity contribution in [2.75, 3.05) is 0 Å². The number of hydrogen-bond donors (Lipinski definition) is 1. The molecular formula is C19H20N2O2. The number of rotatable bonds is 2. The SMILES string of the molecule is N#CC1CCCC1OC(=O)c1ccc2[nH]c3c(c2c1)CCCC3. The highest BCUT2D eigenvalue weighted by molar-refractivity contribution is 5.96. The molecule has 2 aromatic rings. The fourth-order valence-corrected chi connectivity index (χ4v) is 3.95. The van der Waals surface area contributed by atoms with Gasteiger partial charge in [0.05, 0.1) is 17.6 Å². The number of aromatic amines is 1. The molecule has 0 aliphatic heterocycles. The molecule has 2 atom stereocenters. The van der Waals surface area contributed by atoms with Crippen molar-refractivity contribution in [2.24, 2.45) is 5.92 Å². The van der Waals surface area contributed by atoms with Crippen LogP contribution in [0.5, 0.6) is 0 Å². The van der Waals surface area contributed by atoms with E-state index in [0.717, 1.165) is 43.0 Å². The standard InChI is InChI=1S/C19H20N2O2/c20-11-13-4-3-7-18(13)23-19(22)12-8-9-17-15(10-12)14-5-1-2-6-16(14)21-17/h8-10,13,18,21H,1-7H2. The summed E-state index contributed by atoms with van der Waals surface area (Å²) in [6.07, 6.45) is 6.95. The number of ether oxygens (including phenoxy) is 1. The highest BCUT2D eigenvalue weighted by Crippen LogP contribution is 2.31. The molecule has 0 spiro atoms. The molecule has 2 unspecified atom stereocenters. The highest BCUT2D eigenvalue weighted by atomic mass is 16.5. The molecule has 4 nitrogen and oxygen atoms in total. The molecule has 1 heterocycles. The minimum atomic E-state index is -0.301. The minimum Gasteiger partial charge on any atom is -0.457 e. The molecule has 0 radical (unpaired) electrons. The smallest absolute Gasteiger partial charge is 0.338 e. The first-order valence-corrected chi connectivity index (χ1v) is 8.50. The van der Waals surface area contributed by atoms with Crippen LogP contribution in [0, 0.1) is 17.2 Å². The number of aryl methyl sites for hydroxylation is 2. The fraction of sp³-hybridized carbons (Fsp3) is 0.474. The number of hydrogen-bond acceptors (Lipinski definition) is 3. The summed E-state index contributed by atoms with van der Waals surface area (Å²) >= 11 is 0. The summed E-state index contributed by atoms with van der Waals surface area (Å²) in [5, 5.41) is 10.3. The largest absolute Gasteiger partial charge is 0.457 e. The van der Waals surface area contributed by atoms with Gasteiger partial charge in [0.1, 0.15) is 6.10 Å². The van der Waals surface area contributed by atoms with E-state index in [-0.39, 0.29) is 18.0 Å². The lowest BCUT2D eigenvalue weighted by molar-refractivity contribution is 0.0260. The summed E-state index contributed by atoms with van der Waals surface area (Å²) in [4.78, 5) is 15.9. The van der Waals surface area contributed by atoms with E-state index in [4.69, 9.17) is 10.00 Å². The van der Waals surface area contributed by atoms with Crippen LogP contribution < -0.4 is 0 Å². The Balaban J connectivity index is 1.61. The third kappa shape index (κ3) is 2.50. The Morgan fingerprint density at radius 2 is 2.09 bits per heavy atom. The maximum atomic E-state index is 12.5. The molecule has 1 fully saturated rings. The number of H-pyrrole nitrogens is 1. The summed E-state index contributed by atoms with van der Waals surface area (Å²) < 4.78 is 5.60. The van der Waals surface area contributed by atoms with Crippen molar-refractivity contribution in [3.8, 4) is 6.07 Å². The van der Waals surface area contributed by atoms with Crippen LogP contribution in [0.15, 0.2) is 18.2 Å². The van der Waals surface area contributed by atoms with Crippen LogP contribution >= 0.6 is 0 Å². The van der Waals surface area contributed by atoms with E-state index in [9.17, 15) is 4.79 Å². The second-order valence-electron chi connectivity index (χ2n) is 6.66. The van der Waals surface area contributed by atoms with Crippen LogP contribution in [0.2, 0.25) is 0 Å². The molecule has 0 amide bonds. The number of aromatic nitrogens is 1. The van der Waals surface area contributed by atoms with E-state index in [1.54, 1.807) is 0 Å². The van der Waals surface area contributed by atoms with Crippen molar-refractivity contribution in [3.05, 3.63) is 35.0 Å². The van der Waals surface area contributed by atoms with Gasteiger partial charge in [0.2, 0.25) is 0 Å². The molecule has 4 heteroatoms. The number of nitriles is 1. The molecule has 1 N–H and O–H groups in total. The van der Waals surface area contributed by atoms with Crippen molar-refractivity contribution < 1.29 is 9.53 Å². The quantitative estimate of drug-likeness (QED) is 0.856. The first kappa shape index (κ1) is 14.3. The zero-order valence-electron chi connectivity index (χ0n) is 13.1.